The monoisotopic (exact) mass is 380 g/mol. The number of piperidine rings is 1. The minimum atomic E-state index is -4.82. The number of halogens is 3. The SMILES string of the molecule is CC(=O)NCC1CCN(S(=O)(=O)c2ccc(OC(F)(F)F)cc2)CC1. The molecule has 0 spiro atoms. The van der Waals surface area contributed by atoms with E-state index in [1.54, 1.807) is 0 Å². The first-order valence-corrected chi connectivity index (χ1v) is 9.12. The summed E-state index contributed by atoms with van der Waals surface area (Å²) in [5, 5.41) is 2.71. The predicted molar refractivity (Wildman–Crippen MR) is 83.3 cm³/mol. The molecular formula is C15H19F3N2O4S. The number of ether oxygens (including phenoxy) is 1. The molecule has 1 saturated heterocycles. The molecule has 0 atom stereocenters. The first-order valence-electron chi connectivity index (χ1n) is 7.68. The lowest BCUT2D eigenvalue weighted by molar-refractivity contribution is -0.274. The Bertz CT molecular complexity index is 696. The molecule has 1 fully saturated rings. The van der Waals surface area contributed by atoms with E-state index in [0.29, 0.717) is 32.5 Å². The van der Waals surface area contributed by atoms with Crippen LogP contribution in [0.5, 0.6) is 5.75 Å². The number of nitrogens with zero attached hydrogens (tertiary/aromatic N) is 1. The average Bonchev–Trinajstić information content (AvgIpc) is 2.52. The molecule has 1 aromatic carbocycles. The van der Waals surface area contributed by atoms with Gasteiger partial charge in [-0.1, -0.05) is 0 Å². The first-order chi connectivity index (χ1) is 11.6. The van der Waals surface area contributed by atoms with Gasteiger partial charge in [-0.25, -0.2) is 8.42 Å². The third kappa shape index (κ3) is 5.60. The van der Waals surface area contributed by atoms with Crippen LogP contribution in [-0.2, 0) is 14.8 Å². The number of amides is 1. The van der Waals surface area contributed by atoms with Crippen LogP contribution in [0.1, 0.15) is 19.8 Å². The Hall–Kier alpha value is -1.81. The Balaban J connectivity index is 1.99. The quantitative estimate of drug-likeness (QED) is 0.849. The van der Waals surface area contributed by atoms with E-state index in [1.165, 1.54) is 11.2 Å². The topological polar surface area (TPSA) is 75.7 Å². The van der Waals surface area contributed by atoms with Gasteiger partial charge < -0.3 is 10.1 Å². The number of nitrogens with one attached hydrogen (secondary N) is 1. The van der Waals surface area contributed by atoms with Crippen molar-refractivity contribution in [2.75, 3.05) is 19.6 Å². The molecule has 10 heteroatoms. The molecule has 0 unspecified atom stereocenters. The van der Waals surface area contributed by atoms with Crippen molar-refractivity contribution in [3.63, 3.8) is 0 Å². The maximum atomic E-state index is 12.5. The fourth-order valence-corrected chi connectivity index (χ4v) is 4.07. The Morgan fingerprint density at radius 3 is 2.28 bits per heavy atom. The number of sulfonamides is 1. The summed E-state index contributed by atoms with van der Waals surface area (Å²) in [5.74, 6) is -0.394. The Morgan fingerprint density at radius 1 is 1.24 bits per heavy atom. The first kappa shape index (κ1) is 19.5. The van der Waals surface area contributed by atoms with Gasteiger partial charge in [0.25, 0.3) is 0 Å². The number of hydrogen-bond donors (Lipinski definition) is 1. The Labute approximate surface area is 144 Å². The van der Waals surface area contributed by atoms with E-state index in [2.05, 4.69) is 10.1 Å². The molecule has 1 amide bonds. The van der Waals surface area contributed by atoms with Crippen molar-refractivity contribution in [2.24, 2.45) is 5.92 Å². The van der Waals surface area contributed by atoms with Gasteiger partial charge in [-0.05, 0) is 43.0 Å². The van der Waals surface area contributed by atoms with E-state index in [4.69, 9.17) is 0 Å². The zero-order valence-corrected chi connectivity index (χ0v) is 14.4. The molecule has 0 radical (unpaired) electrons. The van der Waals surface area contributed by atoms with E-state index in [0.717, 1.165) is 24.3 Å². The van der Waals surface area contributed by atoms with Crippen LogP contribution in [0.15, 0.2) is 29.2 Å². The number of rotatable bonds is 5. The maximum Gasteiger partial charge on any atom is 0.573 e. The second-order valence-electron chi connectivity index (χ2n) is 5.80. The van der Waals surface area contributed by atoms with Crippen LogP contribution in [-0.4, -0.2) is 44.6 Å². The van der Waals surface area contributed by atoms with Crippen molar-refractivity contribution in [1.29, 1.82) is 0 Å². The summed E-state index contributed by atoms with van der Waals surface area (Å²) in [6.07, 6.45) is -3.61. The number of carbonyl (C=O) groups excluding carboxylic acids is 1. The van der Waals surface area contributed by atoms with Gasteiger partial charge in [-0.3, -0.25) is 4.79 Å². The molecule has 1 N–H and O–H groups in total. The van der Waals surface area contributed by atoms with Gasteiger partial charge in [0.2, 0.25) is 15.9 Å². The molecule has 140 valence electrons. The van der Waals surface area contributed by atoms with Crippen LogP contribution >= 0.6 is 0 Å². The molecule has 0 bridgehead atoms. The highest BCUT2D eigenvalue weighted by Gasteiger charge is 2.32. The normalized spacial score (nSPS) is 17.3. The fraction of sp³-hybridized carbons (Fsp3) is 0.533. The lowest BCUT2D eigenvalue weighted by Gasteiger charge is -2.31. The van der Waals surface area contributed by atoms with Gasteiger partial charge in [-0.2, -0.15) is 4.31 Å². The lowest BCUT2D eigenvalue weighted by atomic mass is 9.98. The van der Waals surface area contributed by atoms with Gasteiger partial charge >= 0.3 is 6.36 Å². The number of alkyl halides is 3. The molecule has 1 aromatic rings. The zero-order valence-electron chi connectivity index (χ0n) is 13.5. The van der Waals surface area contributed by atoms with Gasteiger partial charge in [0.1, 0.15) is 5.75 Å². The fourth-order valence-electron chi connectivity index (χ4n) is 2.60. The third-order valence-corrected chi connectivity index (χ3v) is 5.82. The molecular weight excluding hydrogens is 361 g/mol. The molecule has 0 aromatic heterocycles. The van der Waals surface area contributed by atoms with Crippen molar-refractivity contribution in [3.8, 4) is 5.75 Å². The third-order valence-electron chi connectivity index (χ3n) is 3.91. The van der Waals surface area contributed by atoms with Crippen molar-refractivity contribution in [3.05, 3.63) is 24.3 Å². The minimum Gasteiger partial charge on any atom is -0.406 e. The summed E-state index contributed by atoms with van der Waals surface area (Å²) in [4.78, 5) is 10.8. The van der Waals surface area contributed by atoms with E-state index in [-0.39, 0.29) is 16.7 Å². The maximum absolute atomic E-state index is 12.5. The van der Waals surface area contributed by atoms with Crippen molar-refractivity contribution >= 4 is 15.9 Å². The van der Waals surface area contributed by atoms with E-state index in [9.17, 15) is 26.4 Å². The van der Waals surface area contributed by atoms with Gasteiger partial charge in [-0.15, -0.1) is 13.2 Å². The Kier molecular flexibility index (Phi) is 5.94. The van der Waals surface area contributed by atoms with Crippen molar-refractivity contribution < 1.29 is 31.1 Å². The summed E-state index contributed by atoms with van der Waals surface area (Å²) in [6.45, 7) is 2.53. The van der Waals surface area contributed by atoms with Crippen LogP contribution in [0, 0.1) is 5.92 Å². The molecule has 0 saturated carbocycles. The van der Waals surface area contributed by atoms with Crippen LogP contribution in [0.25, 0.3) is 0 Å². The second kappa shape index (κ2) is 7.61. The summed E-state index contributed by atoms with van der Waals surface area (Å²) in [5.41, 5.74) is 0. The summed E-state index contributed by atoms with van der Waals surface area (Å²) < 4.78 is 66.6. The molecule has 6 nitrogen and oxygen atoms in total. The standard InChI is InChI=1S/C15H19F3N2O4S/c1-11(21)19-10-12-6-8-20(9-7-12)25(22,23)14-4-2-13(3-5-14)24-15(16,17)18/h2-5,12H,6-10H2,1H3,(H,19,21). The van der Waals surface area contributed by atoms with E-state index in [1.807, 2.05) is 0 Å². The van der Waals surface area contributed by atoms with Crippen LogP contribution in [0.3, 0.4) is 0 Å². The molecule has 0 aliphatic carbocycles. The van der Waals surface area contributed by atoms with Crippen LogP contribution in [0.4, 0.5) is 13.2 Å². The average molecular weight is 380 g/mol. The second-order valence-corrected chi connectivity index (χ2v) is 7.74. The highest BCUT2D eigenvalue weighted by atomic mass is 32.2. The largest absolute Gasteiger partial charge is 0.573 e. The van der Waals surface area contributed by atoms with Gasteiger partial charge in [0.15, 0.2) is 0 Å². The van der Waals surface area contributed by atoms with Crippen LogP contribution in [0.2, 0.25) is 0 Å². The summed E-state index contributed by atoms with van der Waals surface area (Å²) in [7, 11) is -3.77. The van der Waals surface area contributed by atoms with Crippen LogP contribution < -0.4 is 10.1 Å². The molecule has 25 heavy (non-hydrogen) atoms. The number of carbonyl (C=O) groups is 1. The lowest BCUT2D eigenvalue weighted by Crippen LogP contribution is -2.41. The smallest absolute Gasteiger partial charge is 0.406 e. The van der Waals surface area contributed by atoms with Gasteiger partial charge in [0.05, 0.1) is 4.90 Å². The predicted octanol–water partition coefficient (Wildman–Crippen LogP) is 2.12. The van der Waals surface area contributed by atoms with Gasteiger partial charge in [0, 0.05) is 26.6 Å². The zero-order chi connectivity index (χ0) is 18.7. The number of hydrogen-bond acceptors (Lipinski definition) is 4. The highest BCUT2D eigenvalue weighted by molar-refractivity contribution is 7.89. The number of benzene rings is 1. The highest BCUT2D eigenvalue weighted by Crippen LogP contribution is 2.27. The van der Waals surface area contributed by atoms with E-state index >= 15 is 0 Å². The molecule has 2 rings (SSSR count). The molecule has 1 aliphatic heterocycles. The summed E-state index contributed by atoms with van der Waals surface area (Å²) >= 11 is 0. The minimum absolute atomic E-state index is 0.0812. The summed E-state index contributed by atoms with van der Waals surface area (Å²) in [6, 6.07) is 4.15. The van der Waals surface area contributed by atoms with Crippen molar-refractivity contribution in [1.82, 2.24) is 9.62 Å². The molecule has 1 heterocycles. The molecule has 1 aliphatic rings. The van der Waals surface area contributed by atoms with E-state index < -0.39 is 22.1 Å². The van der Waals surface area contributed by atoms with Crippen molar-refractivity contribution in [2.45, 2.75) is 31.0 Å². The Morgan fingerprint density at radius 2 is 1.80 bits per heavy atom.